The Kier molecular flexibility index (Phi) is 5.37. The van der Waals surface area contributed by atoms with Crippen LogP contribution in [-0.4, -0.2) is 23.7 Å². The second-order valence-corrected chi connectivity index (χ2v) is 4.94. The largest absolute Gasteiger partial charge is 0.417 e. The predicted octanol–water partition coefficient (Wildman–Crippen LogP) is 2.97. The van der Waals surface area contributed by atoms with Gasteiger partial charge < -0.3 is 10.4 Å². The van der Waals surface area contributed by atoms with E-state index in [-0.39, 0.29) is 16.6 Å². The molecule has 0 fully saturated rings. The summed E-state index contributed by atoms with van der Waals surface area (Å²) in [5.74, 6) is -0.598. The Morgan fingerprint density at radius 3 is 2.63 bits per heavy atom. The molecule has 0 bridgehead atoms. The van der Waals surface area contributed by atoms with Gasteiger partial charge in [0.1, 0.15) is 0 Å². The number of amides is 1. The number of carbonyl (C=O) groups excluding carboxylic acids is 1. The second kappa shape index (κ2) is 6.38. The van der Waals surface area contributed by atoms with Gasteiger partial charge in [-0.1, -0.05) is 15.9 Å². The van der Waals surface area contributed by atoms with E-state index >= 15 is 0 Å². The normalized spacial score (nSPS) is 13.2. The number of nitrogens with one attached hydrogen (secondary N) is 1. The molecule has 1 unspecified atom stereocenters. The molecule has 0 spiro atoms. The van der Waals surface area contributed by atoms with Crippen molar-refractivity contribution >= 4 is 21.8 Å². The molecule has 0 heterocycles. The van der Waals surface area contributed by atoms with Crippen LogP contribution in [0.1, 0.15) is 29.3 Å². The number of aliphatic hydroxyl groups excluding tert-OH is 1. The van der Waals surface area contributed by atoms with Crippen molar-refractivity contribution < 1.29 is 23.1 Å². The minimum Gasteiger partial charge on any atom is -0.393 e. The van der Waals surface area contributed by atoms with Gasteiger partial charge in [-0.15, -0.1) is 0 Å². The minimum absolute atomic E-state index is 0.0684. The second-order valence-electron chi connectivity index (χ2n) is 4.09. The fourth-order valence-corrected chi connectivity index (χ4v) is 1.85. The molecule has 1 aromatic rings. The third-order valence-corrected chi connectivity index (χ3v) is 3.07. The van der Waals surface area contributed by atoms with Gasteiger partial charge in [-0.05, 0) is 31.5 Å². The molecule has 1 rings (SSSR count). The van der Waals surface area contributed by atoms with Crippen LogP contribution in [0.15, 0.2) is 22.7 Å². The third-order valence-electron chi connectivity index (χ3n) is 2.38. The monoisotopic (exact) mass is 339 g/mol. The number of carbonyl (C=O) groups is 1. The van der Waals surface area contributed by atoms with Crippen LogP contribution in [0.4, 0.5) is 13.2 Å². The molecule has 0 saturated heterocycles. The summed E-state index contributed by atoms with van der Waals surface area (Å²) >= 11 is 2.80. The Balaban J connectivity index is 2.82. The Morgan fingerprint density at radius 1 is 1.47 bits per heavy atom. The Morgan fingerprint density at radius 2 is 2.11 bits per heavy atom. The van der Waals surface area contributed by atoms with Crippen LogP contribution in [0.25, 0.3) is 0 Å². The first-order chi connectivity index (χ1) is 8.71. The highest BCUT2D eigenvalue weighted by molar-refractivity contribution is 9.10. The van der Waals surface area contributed by atoms with Gasteiger partial charge in [-0.25, -0.2) is 0 Å². The van der Waals surface area contributed by atoms with Gasteiger partial charge in [-0.3, -0.25) is 4.79 Å². The fourth-order valence-electron chi connectivity index (χ4n) is 1.38. The zero-order chi connectivity index (χ0) is 14.6. The lowest BCUT2D eigenvalue weighted by atomic mass is 10.1. The van der Waals surface area contributed by atoms with Crippen LogP contribution >= 0.6 is 15.9 Å². The fraction of sp³-hybridized carbons (Fsp3) is 0.417. The van der Waals surface area contributed by atoms with Gasteiger partial charge >= 0.3 is 6.18 Å². The standard InChI is InChI=1S/C12H13BrF3NO2/c1-7(18)4-5-17-11(19)8-2-3-10(13)9(6-8)12(14,15)16/h2-3,6-7,18H,4-5H2,1H3,(H,17,19). The molecule has 0 aromatic heterocycles. The van der Waals surface area contributed by atoms with E-state index in [1.54, 1.807) is 6.92 Å². The number of hydrogen-bond acceptors (Lipinski definition) is 2. The molecule has 0 saturated carbocycles. The maximum atomic E-state index is 12.7. The average Bonchev–Trinajstić information content (AvgIpc) is 2.27. The van der Waals surface area contributed by atoms with Crippen LogP contribution in [-0.2, 0) is 6.18 Å². The van der Waals surface area contributed by atoms with E-state index in [1.807, 2.05) is 0 Å². The minimum atomic E-state index is -4.52. The van der Waals surface area contributed by atoms with Crippen molar-refractivity contribution in [3.05, 3.63) is 33.8 Å². The number of hydrogen-bond donors (Lipinski definition) is 2. The van der Waals surface area contributed by atoms with Crippen LogP contribution in [0.5, 0.6) is 0 Å². The van der Waals surface area contributed by atoms with Gasteiger partial charge in [0, 0.05) is 16.6 Å². The highest BCUT2D eigenvalue weighted by atomic mass is 79.9. The first kappa shape index (κ1) is 16.0. The summed E-state index contributed by atoms with van der Waals surface area (Å²) in [6, 6.07) is 3.28. The van der Waals surface area contributed by atoms with Gasteiger partial charge in [-0.2, -0.15) is 13.2 Å². The lowest BCUT2D eigenvalue weighted by molar-refractivity contribution is -0.138. The summed E-state index contributed by atoms with van der Waals surface area (Å²) in [5, 5.41) is 11.5. The summed E-state index contributed by atoms with van der Waals surface area (Å²) in [7, 11) is 0. The first-order valence-electron chi connectivity index (χ1n) is 5.55. The molecule has 19 heavy (non-hydrogen) atoms. The van der Waals surface area contributed by atoms with E-state index < -0.39 is 23.8 Å². The van der Waals surface area contributed by atoms with E-state index in [0.717, 1.165) is 6.07 Å². The summed E-state index contributed by atoms with van der Waals surface area (Å²) in [6.45, 7) is 1.77. The van der Waals surface area contributed by atoms with E-state index in [2.05, 4.69) is 21.2 Å². The number of rotatable bonds is 4. The summed E-state index contributed by atoms with van der Waals surface area (Å²) in [5.41, 5.74) is -0.961. The molecule has 3 nitrogen and oxygen atoms in total. The van der Waals surface area contributed by atoms with Crippen LogP contribution in [0.2, 0.25) is 0 Å². The van der Waals surface area contributed by atoms with Crippen molar-refractivity contribution in [1.29, 1.82) is 0 Å². The molecule has 1 aromatic carbocycles. The molecule has 7 heteroatoms. The molecular weight excluding hydrogens is 327 g/mol. The summed E-state index contributed by atoms with van der Waals surface area (Å²) < 4.78 is 37.9. The highest BCUT2D eigenvalue weighted by Crippen LogP contribution is 2.35. The van der Waals surface area contributed by atoms with Gasteiger partial charge in [0.05, 0.1) is 11.7 Å². The van der Waals surface area contributed by atoms with Crippen molar-refractivity contribution in [2.45, 2.75) is 25.6 Å². The maximum Gasteiger partial charge on any atom is 0.417 e. The van der Waals surface area contributed by atoms with Gasteiger partial charge in [0.15, 0.2) is 0 Å². The van der Waals surface area contributed by atoms with Crippen molar-refractivity contribution in [3.8, 4) is 0 Å². The zero-order valence-corrected chi connectivity index (χ0v) is 11.7. The molecule has 0 radical (unpaired) electrons. The third kappa shape index (κ3) is 4.83. The SMILES string of the molecule is CC(O)CCNC(=O)c1ccc(Br)c(C(F)(F)F)c1. The van der Waals surface area contributed by atoms with E-state index in [1.165, 1.54) is 12.1 Å². The number of benzene rings is 1. The number of aliphatic hydroxyl groups is 1. The molecule has 2 N–H and O–H groups in total. The topological polar surface area (TPSA) is 49.3 Å². The molecular formula is C12H13BrF3NO2. The molecule has 1 atom stereocenters. The summed E-state index contributed by atoms with van der Waals surface area (Å²) in [4.78, 5) is 11.6. The quantitative estimate of drug-likeness (QED) is 0.885. The average molecular weight is 340 g/mol. The van der Waals surface area contributed by atoms with E-state index in [0.29, 0.717) is 6.42 Å². The summed E-state index contributed by atoms with van der Waals surface area (Å²) in [6.07, 6.45) is -4.75. The smallest absolute Gasteiger partial charge is 0.393 e. The van der Waals surface area contributed by atoms with Crippen LogP contribution in [0, 0.1) is 0 Å². The Hall–Kier alpha value is -1.08. The van der Waals surface area contributed by atoms with Crippen molar-refractivity contribution in [2.75, 3.05) is 6.54 Å². The highest BCUT2D eigenvalue weighted by Gasteiger charge is 2.33. The van der Waals surface area contributed by atoms with Gasteiger partial charge in [0.25, 0.3) is 5.91 Å². The number of halogens is 4. The van der Waals surface area contributed by atoms with Crippen molar-refractivity contribution in [3.63, 3.8) is 0 Å². The van der Waals surface area contributed by atoms with Gasteiger partial charge in [0.2, 0.25) is 0 Å². The maximum absolute atomic E-state index is 12.7. The molecule has 0 aliphatic carbocycles. The van der Waals surface area contributed by atoms with Crippen LogP contribution < -0.4 is 5.32 Å². The number of alkyl halides is 3. The van der Waals surface area contributed by atoms with E-state index in [4.69, 9.17) is 5.11 Å². The lowest BCUT2D eigenvalue weighted by Gasteiger charge is -2.11. The zero-order valence-electron chi connectivity index (χ0n) is 10.1. The van der Waals surface area contributed by atoms with Crippen molar-refractivity contribution in [2.24, 2.45) is 0 Å². The molecule has 106 valence electrons. The van der Waals surface area contributed by atoms with Crippen molar-refractivity contribution in [1.82, 2.24) is 5.32 Å². The predicted molar refractivity (Wildman–Crippen MR) is 67.8 cm³/mol. The molecule has 0 aliphatic heterocycles. The van der Waals surface area contributed by atoms with Crippen LogP contribution in [0.3, 0.4) is 0 Å². The molecule has 0 aliphatic rings. The Labute approximate surface area is 116 Å². The molecule has 1 amide bonds. The van der Waals surface area contributed by atoms with E-state index in [9.17, 15) is 18.0 Å². The Bertz CT molecular complexity index is 461. The lowest BCUT2D eigenvalue weighted by Crippen LogP contribution is -2.26. The first-order valence-corrected chi connectivity index (χ1v) is 6.34.